The Balaban J connectivity index is 1.34. The van der Waals surface area contributed by atoms with E-state index >= 15 is 0 Å². The van der Waals surface area contributed by atoms with Crippen molar-refractivity contribution in [3.63, 3.8) is 0 Å². The van der Waals surface area contributed by atoms with Gasteiger partial charge in [-0.25, -0.2) is 0 Å². The Labute approximate surface area is 163 Å². The summed E-state index contributed by atoms with van der Waals surface area (Å²) in [7, 11) is 0. The topological polar surface area (TPSA) is 63.7 Å². The molecule has 1 unspecified atom stereocenters. The molecule has 1 aromatic heterocycles. The van der Waals surface area contributed by atoms with Gasteiger partial charge in [-0.15, -0.1) is 11.8 Å². The van der Waals surface area contributed by atoms with Crippen molar-refractivity contribution in [3.8, 4) is 11.5 Å². The molecule has 1 fully saturated rings. The molecule has 2 aromatic rings. The maximum atomic E-state index is 12.8. The zero-order chi connectivity index (χ0) is 18.5. The summed E-state index contributed by atoms with van der Waals surface area (Å²) in [6.45, 7) is 3.51. The lowest BCUT2D eigenvalue weighted by atomic mass is 10.1. The minimum atomic E-state index is 0.0549. The maximum absolute atomic E-state index is 12.8. The van der Waals surface area contributed by atoms with Crippen LogP contribution in [0.15, 0.2) is 47.6 Å². The zero-order valence-electron chi connectivity index (χ0n) is 15.1. The molecule has 4 rings (SSSR count). The van der Waals surface area contributed by atoms with Crippen molar-refractivity contribution in [1.82, 2.24) is 15.2 Å². The number of pyridine rings is 1. The fourth-order valence-electron chi connectivity index (χ4n) is 3.39. The van der Waals surface area contributed by atoms with Crippen LogP contribution in [0.4, 0.5) is 0 Å². The minimum absolute atomic E-state index is 0.0549. The highest BCUT2D eigenvalue weighted by atomic mass is 32.2. The third kappa shape index (κ3) is 4.36. The number of nitrogens with zero attached hydrogens (tertiary/aromatic N) is 2. The number of hydrogen-bond acceptors (Lipinski definition) is 6. The molecular formula is C20H23N3O3S. The zero-order valence-corrected chi connectivity index (χ0v) is 15.9. The maximum Gasteiger partial charge on any atom is 0.224 e. The molecule has 0 bridgehead atoms. The molecule has 2 aliphatic heterocycles. The van der Waals surface area contributed by atoms with Crippen molar-refractivity contribution in [1.29, 1.82) is 0 Å². The number of fused-ring (bicyclic) bond motifs is 1. The molecule has 2 aliphatic rings. The van der Waals surface area contributed by atoms with Gasteiger partial charge in [0.25, 0.3) is 0 Å². The van der Waals surface area contributed by atoms with E-state index in [1.807, 2.05) is 41.4 Å². The van der Waals surface area contributed by atoms with Gasteiger partial charge >= 0.3 is 0 Å². The molecule has 0 saturated carbocycles. The average molecular weight is 385 g/mol. The van der Waals surface area contributed by atoms with E-state index in [1.165, 1.54) is 0 Å². The van der Waals surface area contributed by atoms with Gasteiger partial charge < -0.3 is 19.7 Å². The number of thioether (sulfide) groups is 1. The van der Waals surface area contributed by atoms with Crippen molar-refractivity contribution >= 4 is 17.7 Å². The summed E-state index contributed by atoms with van der Waals surface area (Å²) >= 11 is 1.67. The quantitative estimate of drug-likeness (QED) is 0.798. The predicted molar refractivity (Wildman–Crippen MR) is 104 cm³/mol. The number of amides is 1. The van der Waals surface area contributed by atoms with Gasteiger partial charge in [0.15, 0.2) is 11.5 Å². The average Bonchev–Trinajstić information content (AvgIpc) is 2.74. The number of piperazine rings is 1. The summed E-state index contributed by atoms with van der Waals surface area (Å²) in [5.74, 6) is 2.51. The monoisotopic (exact) mass is 385 g/mol. The number of hydrogen-bond donors (Lipinski definition) is 1. The van der Waals surface area contributed by atoms with Crippen molar-refractivity contribution in [2.45, 2.75) is 17.4 Å². The Kier molecular flexibility index (Phi) is 5.79. The van der Waals surface area contributed by atoms with E-state index in [-0.39, 0.29) is 11.9 Å². The van der Waals surface area contributed by atoms with Gasteiger partial charge in [-0.3, -0.25) is 9.78 Å². The van der Waals surface area contributed by atoms with Gasteiger partial charge in [0, 0.05) is 49.1 Å². The Morgan fingerprint density at radius 2 is 2.15 bits per heavy atom. The first-order valence-electron chi connectivity index (χ1n) is 9.24. The first-order valence-corrected chi connectivity index (χ1v) is 10.2. The SMILES string of the molecule is O=C(CCSc1ccc2c(c1)OCCO2)N1CCNCC1c1cccnc1. The van der Waals surface area contributed by atoms with E-state index < -0.39 is 0 Å². The summed E-state index contributed by atoms with van der Waals surface area (Å²) in [4.78, 5) is 20.1. The summed E-state index contributed by atoms with van der Waals surface area (Å²) < 4.78 is 11.2. The molecule has 0 radical (unpaired) electrons. The van der Waals surface area contributed by atoms with Gasteiger partial charge in [0.1, 0.15) is 13.2 Å². The van der Waals surface area contributed by atoms with Crippen molar-refractivity contribution in [2.75, 3.05) is 38.6 Å². The molecule has 0 spiro atoms. The van der Waals surface area contributed by atoms with Crippen LogP contribution in [0.5, 0.6) is 11.5 Å². The number of nitrogens with one attached hydrogen (secondary N) is 1. The lowest BCUT2D eigenvalue weighted by Crippen LogP contribution is -2.48. The van der Waals surface area contributed by atoms with E-state index in [0.717, 1.165) is 47.3 Å². The first kappa shape index (κ1) is 18.1. The largest absolute Gasteiger partial charge is 0.486 e. The number of ether oxygens (including phenoxy) is 2. The fraction of sp³-hybridized carbons (Fsp3) is 0.400. The molecule has 6 nitrogen and oxygen atoms in total. The van der Waals surface area contributed by atoms with Crippen molar-refractivity contribution < 1.29 is 14.3 Å². The summed E-state index contributed by atoms with van der Waals surface area (Å²) in [5.41, 5.74) is 1.08. The highest BCUT2D eigenvalue weighted by molar-refractivity contribution is 7.99. The van der Waals surface area contributed by atoms with Crippen LogP contribution in [0.2, 0.25) is 0 Å². The van der Waals surface area contributed by atoms with E-state index in [0.29, 0.717) is 19.6 Å². The Morgan fingerprint density at radius 1 is 1.26 bits per heavy atom. The molecule has 1 N–H and O–H groups in total. The number of carbonyl (C=O) groups is 1. The molecule has 1 saturated heterocycles. The lowest BCUT2D eigenvalue weighted by molar-refractivity contribution is -0.134. The summed E-state index contributed by atoms with van der Waals surface area (Å²) in [6, 6.07) is 9.96. The number of carbonyl (C=O) groups excluding carboxylic acids is 1. The first-order chi connectivity index (χ1) is 13.3. The molecule has 1 amide bonds. The van der Waals surface area contributed by atoms with Gasteiger partial charge in [0.2, 0.25) is 5.91 Å². The molecule has 142 valence electrons. The number of benzene rings is 1. The second kappa shape index (κ2) is 8.63. The highest BCUT2D eigenvalue weighted by Crippen LogP contribution is 2.34. The van der Waals surface area contributed by atoms with Crippen LogP contribution in [-0.4, -0.2) is 54.4 Å². The second-order valence-electron chi connectivity index (χ2n) is 6.50. The van der Waals surface area contributed by atoms with Gasteiger partial charge in [-0.05, 0) is 29.8 Å². The second-order valence-corrected chi connectivity index (χ2v) is 7.67. The predicted octanol–water partition coefficient (Wildman–Crippen LogP) is 2.51. The molecule has 1 atom stereocenters. The number of rotatable bonds is 5. The molecular weight excluding hydrogens is 362 g/mol. The third-order valence-electron chi connectivity index (χ3n) is 4.73. The summed E-state index contributed by atoms with van der Waals surface area (Å²) in [5, 5.41) is 3.38. The Morgan fingerprint density at radius 3 is 3.00 bits per heavy atom. The Bertz CT molecular complexity index is 787. The minimum Gasteiger partial charge on any atom is -0.486 e. The van der Waals surface area contributed by atoms with E-state index in [4.69, 9.17) is 9.47 Å². The van der Waals surface area contributed by atoms with Crippen molar-refractivity contribution in [3.05, 3.63) is 48.3 Å². The summed E-state index contributed by atoms with van der Waals surface area (Å²) in [6.07, 6.45) is 4.12. The van der Waals surface area contributed by atoms with E-state index in [1.54, 1.807) is 18.0 Å². The van der Waals surface area contributed by atoms with Crippen LogP contribution >= 0.6 is 11.8 Å². The van der Waals surface area contributed by atoms with Crippen LogP contribution in [-0.2, 0) is 4.79 Å². The normalized spacial score (nSPS) is 19.0. The molecule has 3 heterocycles. The smallest absolute Gasteiger partial charge is 0.224 e. The van der Waals surface area contributed by atoms with Crippen molar-refractivity contribution in [2.24, 2.45) is 0 Å². The van der Waals surface area contributed by atoms with Crippen LogP contribution in [0.25, 0.3) is 0 Å². The van der Waals surface area contributed by atoms with E-state index in [9.17, 15) is 4.79 Å². The number of aromatic nitrogens is 1. The molecule has 1 aromatic carbocycles. The van der Waals surface area contributed by atoms with E-state index in [2.05, 4.69) is 10.3 Å². The van der Waals surface area contributed by atoms with Gasteiger partial charge in [0.05, 0.1) is 6.04 Å². The van der Waals surface area contributed by atoms with Crippen LogP contribution in [0, 0.1) is 0 Å². The molecule has 7 heteroatoms. The van der Waals surface area contributed by atoms with Crippen LogP contribution < -0.4 is 14.8 Å². The van der Waals surface area contributed by atoms with Crippen LogP contribution in [0.3, 0.4) is 0 Å². The van der Waals surface area contributed by atoms with Gasteiger partial charge in [-0.2, -0.15) is 0 Å². The standard InChI is InChI=1S/C20H23N3O3S/c24-20(23-8-7-22-14-17(23)15-2-1-6-21-13-15)5-11-27-16-3-4-18-19(12-16)26-10-9-25-18/h1-4,6,12-13,17,22H,5,7-11,14H2. The van der Waals surface area contributed by atoms with Crippen LogP contribution in [0.1, 0.15) is 18.0 Å². The highest BCUT2D eigenvalue weighted by Gasteiger charge is 2.27. The molecule has 0 aliphatic carbocycles. The van der Waals surface area contributed by atoms with Gasteiger partial charge in [-0.1, -0.05) is 6.07 Å². The third-order valence-corrected chi connectivity index (χ3v) is 5.73. The fourth-order valence-corrected chi connectivity index (χ4v) is 4.25. The lowest BCUT2D eigenvalue weighted by Gasteiger charge is -2.36. The molecule has 27 heavy (non-hydrogen) atoms. The Hall–Kier alpha value is -2.25.